The van der Waals surface area contributed by atoms with Crippen LogP contribution in [0.3, 0.4) is 0 Å². The molecule has 2 aromatic heterocycles. The summed E-state index contributed by atoms with van der Waals surface area (Å²) in [5.41, 5.74) is 6.42. The lowest BCUT2D eigenvalue weighted by Gasteiger charge is -2.11. The number of amides is 1. The van der Waals surface area contributed by atoms with Crippen molar-refractivity contribution >= 4 is 39.4 Å². The molecule has 0 aliphatic heterocycles. The number of hydrogen-bond acceptors (Lipinski definition) is 4. The van der Waals surface area contributed by atoms with Gasteiger partial charge in [-0.05, 0) is 52.7 Å². The van der Waals surface area contributed by atoms with Crippen molar-refractivity contribution < 1.29 is 4.79 Å². The number of halogens is 1. The Balaban J connectivity index is 1.76. The molecule has 128 valence electrons. The van der Waals surface area contributed by atoms with Crippen LogP contribution >= 0.6 is 15.9 Å². The summed E-state index contributed by atoms with van der Waals surface area (Å²) in [5, 5.41) is 4.05. The van der Waals surface area contributed by atoms with Crippen LogP contribution < -0.4 is 10.3 Å². The maximum Gasteiger partial charge on any atom is 0.290 e. The molecular weight excluding hydrogens is 382 g/mol. The van der Waals surface area contributed by atoms with Crippen LogP contribution in [0, 0.1) is 6.92 Å². The molecule has 0 atom stereocenters. The number of carbonyl (C=O) groups excluding carboxylic acids is 1. The van der Waals surface area contributed by atoms with E-state index in [0.717, 1.165) is 15.7 Å². The first-order valence-corrected chi connectivity index (χ1v) is 8.50. The zero-order valence-electron chi connectivity index (χ0n) is 14.2. The molecule has 1 N–H and O–H groups in total. The summed E-state index contributed by atoms with van der Waals surface area (Å²) in [7, 11) is 3.97. The van der Waals surface area contributed by atoms with Gasteiger partial charge in [0.05, 0.1) is 11.9 Å². The number of fused-ring (bicyclic) bond motifs is 1. The van der Waals surface area contributed by atoms with Gasteiger partial charge in [0, 0.05) is 30.5 Å². The zero-order valence-corrected chi connectivity index (χ0v) is 15.8. The number of anilines is 1. The van der Waals surface area contributed by atoms with Gasteiger partial charge in [0.25, 0.3) is 5.91 Å². The van der Waals surface area contributed by atoms with Crippen LogP contribution in [0.25, 0.3) is 5.65 Å². The van der Waals surface area contributed by atoms with Crippen LogP contribution in [0.2, 0.25) is 0 Å². The number of nitrogens with zero attached hydrogens (tertiary/aromatic N) is 4. The molecule has 7 heteroatoms. The van der Waals surface area contributed by atoms with Gasteiger partial charge in [0.2, 0.25) is 0 Å². The number of nitrogens with one attached hydrogen (secondary N) is 1. The van der Waals surface area contributed by atoms with Crippen molar-refractivity contribution in [1.82, 2.24) is 14.8 Å². The van der Waals surface area contributed by atoms with E-state index in [-0.39, 0.29) is 5.91 Å². The Kier molecular flexibility index (Phi) is 4.85. The third kappa shape index (κ3) is 3.71. The second-order valence-corrected chi connectivity index (χ2v) is 6.72. The highest BCUT2D eigenvalue weighted by Gasteiger charge is 2.16. The maximum atomic E-state index is 12.5. The van der Waals surface area contributed by atoms with Gasteiger partial charge in [-0.3, -0.25) is 9.20 Å². The lowest BCUT2D eigenvalue weighted by atomic mass is 10.2. The second kappa shape index (κ2) is 7.06. The van der Waals surface area contributed by atoms with Crippen molar-refractivity contribution in [3.05, 3.63) is 64.0 Å². The average Bonchev–Trinajstić information content (AvgIpc) is 2.90. The molecule has 0 aliphatic carbocycles. The molecule has 0 fully saturated rings. The average molecular weight is 400 g/mol. The summed E-state index contributed by atoms with van der Waals surface area (Å²) in [5.74, 6) is -0.302. The summed E-state index contributed by atoms with van der Waals surface area (Å²) in [6.07, 6.45) is 3.43. The number of aromatic nitrogens is 2. The van der Waals surface area contributed by atoms with Gasteiger partial charge in [-0.25, -0.2) is 10.4 Å². The molecule has 0 spiro atoms. The lowest BCUT2D eigenvalue weighted by molar-refractivity contribution is 0.0948. The molecule has 1 aromatic carbocycles. The highest BCUT2D eigenvalue weighted by Crippen LogP contribution is 2.16. The van der Waals surface area contributed by atoms with Gasteiger partial charge in [0.1, 0.15) is 11.3 Å². The van der Waals surface area contributed by atoms with Crippen molar-refractivity contribution in [2.24, 2.45) is 5.10 Å². The highest BCUT2D eigenvalue weighted by molar-refractivity contribution is 9.10. The standard InChI is InChI=1S/C18H18BrN5O/c1-12-17(24-11-14(19)6-9-16(24)21-12)18(25)22-20-10-13-4-7-15(8-5-13)23(2)3/h4-11H,1-3H3,(H,22,25)/b20-10+. The van der Waals surface area contributed by atoms with Crippen LogP contribution in [0.5, 0.6) is 0 Å². The van der Waals surface area contributed by atoms with E-state index in [1.54, 1.807) is 17.5 Å². The van der Waals surface area contributed by atoms with Crippen LogP contribution in [-0.2, 0) is 0 Å². The molecule has 2 heterocycles. The molecule has 6 nitrogen and oxygen atoms in total. The second-order valence-electron chi connectivity index (χ2n) is 5.81. The summed E-state index contributed by atoms with van der Waals surface area (Å²) >= 11 is 3.41. The molecule has 0 bridgehead atoms. The third-order valence-corrected chi connectivity index (χ3v) is 4.23. The number of hydrazone groups is 1. The van der Waals surface area contributed by atoms with E-state index in [2.05, 4.69) is 31.4 Å². The van der Waals surface area contributed by atoms with Crippen molar-refractivity contribution in [2.45, 2.75) is 6.92 Å². The van der Waals surface area contributed by atoms with E-state index in [9.17, 15) is 4.79 Å². The number of pyridine rings is 1. The van der Waals surface area contributed by atoms with E-state index < -0.39 is 0 Å². The van der Waals surface area contributed by atoms with Crippen molar-refractivity contribution in [3.8, 4) is 0 Å². The Morgan fingerprint density at radius 2 is 1.96 bits per heavy atom. The maximum absolute atomic E-state index is 12.5. The van der Waals surface area contributed by atoms with Crippen LogP contribution in [0.4, 0.5) is 5.69 Å². The fourth-order valence-electron chi connectivity index (χ4n) is 2.49. The molecule has 25 heavy (non-hydrogen) atoms. The van der Waals surface area contributed by atoms with Gasteiger partial charge in [-0.15, -0.1) is 0 Å². The van der Waals surface area contributed by atoms with Crippen LogP contribution in [-0.4, -0.2) is 35.6 Å². The molecule has 3 aromatic rings. The minimum absolute atomic E-state index is 0.302. The fraction of sp³-hybridized carbons (Fsp3) is 0.167. The van der Waals surface area contributed by atoms with E-state index in [4.69, 9.17) is 0 Å². The molecule has 0 unspecified atom stereocenters. The lowest BCUT2D eigenvalue weighted by Crippen LogP contribution is -2.20. The monoisotopic (exact) mass is 399 g/mol. The van der Waals surface area contributed by atoms with E-state index in [0.29, 0.717) is 17.0 Å². The number of aryl methyl sites for hydroxylation is 1. The van der Waals surface area contributed by atoms with Gasteiger partial charge in [0.15, 0.2) is 0 Å². The Labute approximate surface area is 154 Å². The van der Waals surface area contributed by atoms with E-state index in [1.807, 2.05) is 61.6 Å². The predicted molar refractivity (Wildman–Crippen MR) is 103 cm³/mol. The van der Waals surface area contributed by atoms with Gasteiger partial charge >= 0.3 is 0 Å². The van der Waals surface area contributed by atoms with E-state index >= 15 is 0 Å². The molecular formula is C18H18BrN5O. The number of hydrogen-bond donors (Lipinski definition) is 1. The summed E-state index contributed by atoms with van der Waals surface area (Å²) in [4.78, 5) is 18.9. The summed E-state index contributed by atoms with van der Waals surface area (Å²) in [6.45, 7) is 1.81. The number of rotatable bonds is 4. The molecule has 0 radical (unpaired) electrons. The molecule has 1 amide bonds. The van der Waals surface area contributed by atoms with Crippen molar-refractivity contribution in [2.75, 3.05) is 19.0 Å². The zero-order chi connectivity index (χ0) is 18.0. The Morgan fingerprint density at radius 1 is 1.24 bits per heavy atom. The van der Waals surface area contributed by atoms with Gasteiger partial charge < -0.3 is 4.90 Å². The van der Waals surface area contributed by atoms with Crippen LogP contribution in [0.15, 0.2) is 52.2 Å². The molecule has 0 saturated heterocycles. The minimum atomic E-state index is -0.302. The first-order valence-electron chi connectivity index (χ1n) is 7.70. The number of carbonyl (C=O) groups is 1. The molecule has 3 rings (SSSR count). The number of benzene rings is 1. The predicted octanol–water partition coefficient (Wildman–Crippen LogP) is 3.24. The topological polar surface area (TPSA) is 62.0 Å². The fourth-order valence-corrected chi connectivity index (χ4v) is 2.82. The molecule has 0 aliphatic rings. The van der Waals surface area contributed by atoms with Crippen molar-refractivity contribution in [1.29, 1.82) is 0 Å². The minimum Gasteiger partial charge on any atom is -0.378 e. The van der Waals surface area contributed by atoms with Crippen LogP contribution in [0.1, 0.15) is 21.7 Å². The van der Waals surface area contributed by atoms with Gasteiger partial charge in [-0.1, -0.05) is 12.1 Å². The Hall–Kier alpha value is -2.67. The Morgan fingerprint density at radius 3 is 2.64 bits per heavy atom. The molecule has 0 saturated carbocycles. The van der Waals surface area contributed by atoms with Gasteiger partial charge in [-0.2, -0.15) is 5.10 Å². The Bertz CT molecular complexity index is 944. The normalized spacial score (nSPS) is 11.2. The highest BCUT2D eigenvalue weighted by atomic mass is 79.9. The largest absolute Gasteiger partial charge is 0.378 e. The smallest absolute Gasteiger partial charge is 0.290 e. The number of imidazole rings is 1. The summed E-state index contributed by atoms with van der Waals surface area (Å²) in [6, 6.07) is 11.6. The van der Waals surface area contributed by atoms with Crippen molar-refractivity contribution in [3.63, 3.8) is 0 Å². The third-order valence-electron chi connectivity index (χ3n) is 3.76. The first kappa shape index (κ1) is 17.2. The quantitative estimate of drug-likeness (QED) is 0.540. The van der Waals surface area contributed by atoms with E-state index in [1.165, 1.54) is 0 Å². The SMILES string of the molecule is Cc1nc2ccc(Br)cn2c1C(=O)N/N=C/c1ccc(N(C)C)cc1. The first-order chi connectivity index (χ1) is 12.0. The summed E-state index contributed by atoms with van der Waals surface area (Å²) < 4.78 is 2.62.